The van der Waals surface area contributed by atoms with E-state index in [0.29, 0.717) is 19.0 Å². The van der Waals surface area contributed by atoms with E-state index in [0.717, 1.165) is 18.1 Å². The lowest BCUT2D eigenvalue weighted by molar-refractivity contribution is 0.407. The fraction of sp³-hybridized carbons (Fsp3) is 0.545. The van der Waals surface area contributed by atoms with Gasteiger partial charge in [0, 0.05) is 19.2 Å². The minimum Gasteiger partial charge on any atom is -0.364 e. The Balaban J connectivity index is 1.84. The second-order valence-corrected chi connectivity index (χ2v) is 4.35. The average Bonchev–Trinajstić information content (AvgIpc) is 2.90. The van der Waals surface area contributed by atoms with Crippen LogP contribution in [0.3, 0.4) is 0 Å². The Kier molecular flexibility index (Phi) is 3.87. The SMILES string of the molecule is CC(C)Cn1ncnc1CNCc1ccon1. The van der Waals surface area contributed by atoms with Crippen LogP contribution in [0.15, 0.2) is 23.2 Å². The number of nitrogens with one attached hydrogen (secondary N) is 1. The Labute approximate surface area is 100 Å². The molecule has 6 nitrogen and oxygen atoms in total. The maximum absolute atomic E-state index is 4.76. The van der Waals surface area contributed by atoms with Gasteiger partial charge in [-0.15, -0.1) is 0 Å². The molecule has 0 bridgehead atoms. The van der Waals surface area contributed by atoms with Crippen molar-refractivity contribution < 1.29 is 4.52 Å². The molecule has 2 aromatic rings. The van der Waals surface area contributed by atoms with E-state index in [1.54, 1.807) is 12.6 Å². The maximum Gasteiger partial charge on any atom is 0.140 e. The largest absolute Gasteiger partial charge is 0.364 e. The molecule has 0 aliphatic heterocycles. The Morgan fingerprint density at radius 3 is 3.00 bits per heavy atom. The topological polar surface area (TPSA) is 68.8 Å². The van der Waals surface area contributed by atoms with Crippen LogP contribution < -0.4 is 5.32 Å². The fourth-order valence-corrected chi connectivity index (χ4v) is 1.55. The van der Waals surface area contributed by atoms with E-state index < -0.39 is 0 Å². The summed E-state index contributed by atoms with van der Waals surface area (Å²) in [4.78, 5) is 4.23. The summed E-state index contributed by atoms with van der Waals surface area (Å²) in [6, 6.07) is 1.84. The Morgan fingerprint density at radius 2 is 2.29 bits per heavy atom. The Hall–Kier alpha value is -1.69. The molecule has 2 heterocycles. The van der Waals surface area contributed by atoms with Crippen molar-refractivity contribution in [3.05, 3.63) is 30.2 Å². The van der Waals surface area contributed by atoms with Gasteiger partial charge in [0.2, 0.25) is 0 Å². The molecule has 6 heteroatoms. The first kappa shape index (κ1) is 11.8. The molecule has 0 aliphatic carbocycles. The molecule has 0 atom stereocenters. The molecule has 0 aliphatic rings. The summed E-state index contributed by atoms with van der Waals surface area (Å²) in [5.41, 5.74) is 0.889. The van der Waals surface area contributed by atoms with Gasteiger partial charge in [-0.1, -0.05) is 19.0 Å². The summed E-state index contributed by atoms with van der Waals surface area (Å²) >= 11 is 0. The third kappa shape index (κ3) is 3.39. The first-order chi connectivity index (χ1) is 8.25. The van der Waals surface area contributed by atoms with E-state index in [4.69, 9.17) is 4.52 Å². The number of rotatable bonds is 6. The molecule has 0 amide bonds. The van der Waals surface area contributed by atoms with Gasteiger partial charge in [0.15, 0.2) is 0 Å². The molecule has 2 aromatic heterocycles. The van der Waals surface area contributed by atoms with Crippen LogP contribution >= 0.6 is 0 Å². The molecule has 1 N–H and O–H groups in total. The third-order valence-corrected chi connectivity index (χ3v) is 2.31. The van der Waals surface area contributed by atoms with Crippen LogP contribution in [0.1, 0.15) is 25.4 Å². The lowest BCUT2D eigenvalue weighted by Gasteiger charge is -2.08. The fourth-order valence-electron chi connectivity index (χ4n) is 1.55. The van der Waals surface area contributed by atoms with Crippen LogP contribution in [0.2, 0.25) is 0 Å². The van der Waals surface area contributed by atoms with Crippen LogP contribution in [-0.2, 0) is 19.6 Å². The molecular formula is C11H17N5O. The highest BCUT2D eigenvalue weighted by molar-refractivity contribution is 4.95. The molecule has 0 radical (unpaired) electrons. The zero-order chi connectivity index (χ0) is 12.1. The molecule has 0 fully saturated rings. The van der Waals surface area contributed by atoms with E-state index in [1.807, 2.05) is 10.7 Å². The zero-order valence-corrected chi connectivity index (χ0v) is 10.1. The quantitative estimate of drug-likeness (QED) is 0.815. The van der Waals surface area contributed by atoms with E-state index in [-0.39, 0.29) is 0 Å². The second-order valence-electron chi connectivity index (χ2n) is 4.35. The summed E-state index contributed by atoms with van der Waals surface area (Å²) in [7, 11) is 0. The van der Waals surface area contributed by atoms with Crippen molar-refractivity contribution in [1.82, 2.24) is 25.2 Å². The normalized spacial score (nSPS) is 11.2. The highest BCUT2D eigenvalue weighted by Crippen LogP contribution is 2.01. The molecule has 0 spiro atoms. The molecule has 0 saturated heterocycles. The van der Waals surface area contributed by atoms with E-state index in [1.165, 1.54) is 0 Å². The Morgan fingerprint density at radius 1 is 1.41 bits per heavy atom. The standard InChI is InChI=1S/C11H17N5O/c1-9(2)7-16-11(13-8-14-16)6-12-5-10-3-4-17-15-10/h3-4,8-9,12H,5-7H2,1-2H3. The lowest BCUT2D eigenvalue weighted by Crippen LogP contribution is -2.18. The van der Waals surface area contributed by atoms with E-state index in [2.05, 4.69) is 34.4 Å². The molecule has 17 heavy (non-hydrogen) atoms. The molecule has 2 rings (SSSR count). The average molecular weight is 235 g/mol. The van der Waals surface area contributed by atoms with Crippen molar-refractivity contribution in [3.63, 3.8) is 0 Å². The van der Waals surface area contributed by atoms with Crippen molar-refractivity contribution in [3.8, 4) is 0 Å². The zero-order valence-electron chi connectivity index (χ0n) is 10.1. The van der Waals surface area contributed by atoms with Crippen molar-refractivity contribution in [2.24, 2.45) is 5.92 Å². The van der Waals surface area contributed by atoms with Crippen LogP contribution in [0.4, 0.5) is 0 Å². The highest BCUT2D eigenvalue weighted by atomic mass is 16.5. The first-order valence-electron chi connectivity index (χ1n) is 5.72. The van der Waals surface area contributed by atoms with Gasteiger partial charge in [-0.05, 0) is 5.92 Å². The molecule has 0 aromatic carbocycles. The van der Waals surface area contributed by atoms with Gasteiger partial charge in [0.1, 0.15) is 18.4 Å². The predicted molar refractivity (Wildman–Crippen MR) is 61.9 cm³/mol. The van der Waals surface area contributed by atoms with Crippen LogP contribution in [0.25, 0.3) is 0 Å². The third-order valence-electron chi connectivity index (χ3n) is 2.31. The highest BCUT2D eigenvalue weighted by Gasteiger charge is 2.05. The first-order valence-corrected chi connectivity index (χ1v) is 5.72. The van der Waals surface area contributed by atoms with E-state index >= 15 is 0 Å². The summed E-state index contributed by atoms with van der Waals surface area (Å²) in [6.45, 7) is 6.56. The molecule has 0 unspecified atom stereocenters. The number of aromatic nitrogens is 4. The van der Waals surface area contributed by atoms with Gasteiger partial charge in [0.25, 0.3) is 0 Å². The second kappa shape index (κ2) is 5.58. The van der Waals surface area contributed by atoms with Crippen molar-refractivity contribution in [2.45, 2.75) is 33.5 Å². The smallest absolute Gasteiger partial charge is 0.140 e. The van der Waals surface area contributed by atoms with Gasteiger partial charge in [0.05, 0.1) is 12.2 Å². The van der Waals surface area contributed by atoms with Crippen LogP contribution in [0.5, 0.6) is 0 Å². The van der Waals surface area contributed by atoms with Crippen molar-refractivity contribution in [2.75, 3.05) is 0 Å². The predicted octanol–water partition coefficient (Wildman–Crippen LogP) is 1.21. The van der Waals surface area contributed by atoms with Crippen LogP contribution in [-0.4, -0.2) is 19.9 Å². The number of nitrogens with zero attached hydrogens (tertiary/aromatic N) is 4. The molecular weight excluding hydrogens is 218 g/mol. The summed E-state index contributed by atoms with van der Waals surface area (Å²) in [5, 5.41) is 11.3. The van der Waals surface area contributed by atoms with Gasteiger partial charge >= 0.3 is 0 Å². The van der Waals surface area contributed by atoms with Crippen molar-refractivity contribution in [1.29, 1.82) is 0 Å². The van der Waals surface area contributed by atoms with Gasteiger partial charge in [-0.2, -0.15) is 5.10 Å². The van der Waals surface area contributed by atoms with Gasteiger partial charge in [-0.3, -0.25) is 0 Å². The van der Waals surface area contributed by atoms with Gasteiger partial charge in [-0.25, -0.2) is 9.67 Å². The lowest BCUT2D eigenvalue weighted by atomic mass is 10.2. The minimum absolute atomic E-state index is 0.561. The number of hydrogen-bond acceptors (Lipinski definition) is 5. The van der Waals surface area contributed by atoms with E-state index in [9.17, 15) is 0 Å². The van der Waals surface area contributed by atoms with Crippen molar-refractivity contribution >= 4 is 0 Å². The molecule has 92 valence electrons. The van der Waals surface area contributed by atoms with Gasteiger partial charge < -0.3 is 9.84 Å². The summed E-state index contributed by atoms with van der Waals surface area (Å²) in [5.74, 6) is 1.51. The molecule has 0 saturated carbocycles. The summed E-state index contributed by atoms with van der Waals surface area (Å²) in [6.07, 6.45) is 3.16. The summed E-state index contributed by atoms with van der Waals surface area (Å²) < 4.78 is 6.69. The monoisotopic (exact) mass is 235 g/mol. The Bertz CT molecular complexity index is 434. The maximum atomic E-state index is 4.76. The van der Waals surface area contributed by atoms with Crippen LogP contribution in [0, 0.1) is 5.92 Å². The minimum atomic E-state index is 0.561. The number of hydrogen-bond donors (Lipinski definition) is 1.